The fraction of sp³-hybridized carbons (Fsp3) is 0.562. The molecule has 3 nitrogen and oxygen atoms in total. The largest absolute Gasteiger partial charge is 0.352 e. The number of benzene rings is 1. The lowest BCUT2D eigenvalue weighted by Crippen LogP contribution is -2.46. The second kappa shape index (κ2) is 8.98. The van der Waals surface area contributed by atoms with Crippen LogP contribution in [0.25, 0.3) is 0 Å². The molecule has 0 spiro atoms. The summed E-state index contributed by atoms with van der Waals surface area (Å²) in [4.78, 5) is 12.1. The molecule has 1 atom stereocenters. The second-order valence-electron chi connectivity index (χ2n) is 5.49. The lowest BCUT2D eigenvalue weighted by molar-refractivity contribution is -0.123. The monoisotopic (exact) mass is 296 g/mol. The molecule has 3 N–H and O–H groups in total. The SMILES string of the molecule is Cl.N[C@@H](Cc1ccccc1)C(=O)NC1CCCCCC1. The quantitative estimate of drug-likeness (QED) is 0.840. The van der Waals surface area contributed by atoms with Crippen molar-refractivity contribution in [1.29, 1.82) is 0 Å². The number of carbonyl (C=O) groups is 1. The van der Waals surface area contributed by atoms with Crippen LogP contribution in [0.15, 0.2) is 30.3 Å². The van der Waals surface area contributed by atoms with Crippen LogP contribution < -0.4 is 11.1 Å². The molecule has 4 heteroatoms. The van der Waals surface area contributed by atoms with E-state index < -0.39 is 6.04 Å². The van der Waals surface area contributed by atoms with Gasteiger partial charge >= 0.3 is 0 Å². The molecule has 1 aromatic rings. The lowest BCUT2D eigenvalue weighted by Gasteiger charge is -2.19. The topological polar surface area (TPSA) is 55.1 Å². The van der Waals surface area contributed by atoms with Crippen LogP contribution >= 0.6 is 12.4 Å². The molecule has 0 radical (unpaired) electrons. The fourth-order valence-electron chi connectivity index (χ4n) is 2.69. The van der Waals surface area contributed by atoms with E-state index in [1.54, 1.807) is 0 Å². The molecule has 112 valence electrons. The molecule has 1 aliphatic rings. The van der Waals surface area contributed by atoms with Gasteiger partial charge in [0.05, 0.1) is 6.04 Å². The van der Waals surface area contributed by atoms with Gasteiger partial charge in [0.2, 0.25) is 5.91 Å². The first-order valence-corrected chi connectivity index (χ1v) is 7.35. The van der Waals surface area contributed by atoms with Gasteiger partial charge < -0.3 is 11.1 Å². The third-order valence-corrected chi connectivity index (χ3v) is 3.84. The number of nitrogens with one attached hydrogen (secondary N) is 1. The molecule has 0 aromatic heterocycles. The zero-order chi connectivity index (χ0) is 13.5. The molecular weight excluding hydrogens is 272 g/mol. The summed E-state index contributed by atoms with van der Waals surface area (Å²) in [6.45, 7) is 0. The number of amides is 1. The minimum absolute atomic E-state index is 0. The first-order valence-electron chi connectivity index (χ1n) is 7.35. The Morgan fingerprint density at radius 1 is 1.15 bits per heavy atom. The Hall–Kier alpha value is -1.06. The minimum Gasteiger partial charge on any atom is -0.352 e. The molecular formula is C16H25ClN2O. The van der Waals surface area contributed by atoms with Gasteiger partial charge in [0, 0.05) is 6.04 Å². The van der Waals surface area contributed by atoms with Crippen molar-refractivity contribution in [3.63, 3.8) is 0 Å². The van der Waals surface area contributed by atoms with E-state index in [4.69, 9.17) is 5.73 Å². The Bertz CT molecular complexity index is 389. The maximum Gasteiger partial charge on any atom is 0.237 e. The van der Waals surface area contributed by atoms with Crippen LogP contribution in [0.1, 0.15) is 44.1 Å². The molecule has 1 saturated carbocycles. The van der Waals surface area contributed by atoms with Crippen LogP contribution in [0.2, 0.25) is 0 Å². The second-order valence-corrected chi connectivity index (χ2v) is 5.49. The van der Waals surface area contributed by atoms with Crippen LogP contribution in [0.4, 0.5) is 0 Å². The Labute approximate surface area is 127 Å². The average Bonchev–Trinajstić information content (AvgIpc) is 2.68. The van der Waals surface area contributed by atoms with Crippen molar-refractivity contribution in [1.82, 2.24) is 5.32 Å². The number of hydrogen-bond acceptors (Lipinski definition) is 2. The standard InChI is InChI=1S/C16H24N2O.ClH/c17-15(12-13-8-4-3-5-9-13)16(19)18-14-10-6-1-2-7-11-14;/h3-5,8-9,14-15H,1-2,6-7,10-12,17H2,(H,18,19);1H/t15-;/m0./s1. The molecule has 20 heavy (non-hydrogen) atoms. The fourth-order valence-corrected chi connectivity index (χ4v) is 2.69. The molecule has 1 fully saturated rings. The first kappa shape index (κ1) is 17.0. The lowest BCUT2D eigenvalue weighted by atomic mass is 10.0. The van der Waals surface area contributed by atoms with Crippen LogP contribution in [0, 0.1) is 0 Å². The summed E-state index contributed by atoms with van der Waals surface area (Å²) in [7, 11) is 0. The summed E-state index contributed by atoms with van der Waals surface area (Å²) in [6.07, 6.45) is 7.84. The minimum atomic E-state index is -0.439. The molecule has 0 heterocycles. The van der Waals surface area contributed by atoms with Crippen LogP contribution in [0.3, 0.4) is 0 Å². The van der Waals surface area contributed by atoms with E-state index in [2.05, 4.69) is 5.32 Å². The van der Waals surface area contributed by atoms with Crippen LogP contribution in [0.5, 0.6) is 0 Å². The predicted molar refractivity (Wildman–Crippen MR) is 85.0 cm³/mol. The van der Waals surface area contributed by atoms with Crippen molar-refractivity contribution in [2.75, 3.05) is 0 Å². The number of carbonyl (C=O) groups excluding carboxylic acids is 1. The van der Waals surface area contributed by atoms with Gasteiger partial charge in [-0.15, -0.1) is 12.4 Å². The van der Waals surface area contributed by atoms with E-state index in [-0.39, 0.29) is 18.3 Å². The van der Waals surface area contributed by atoms with Gasteiger partial charge in [0.15, 0.2) is 0 Å². The van der Waals surface area contributed by atoms with Gasteiger partial charge in [-0.05, 0) is 24.8 Å². The Balaban J connectivity index is 0.00000200. The highest BCUT2D eigenvalue weighted by atomic mass is 35.5. The van der Waals surface area contributed by atoms with E-state index in [9.17, 15) is 4.79 Å². The average molecular weight is 297 g/mol. The van der Waals surface area contributed by atoms with E-state index in [0.29, 0.717) is 12.5 Å². The highest BCUT2D eigenvalue weighted by molar-refractivity contribution is 5.85. The molecule has 0 bridgehead atoms. The third-order valence-electron chi connectivity index (χ3n) is 3.84. The summed E-state index contributed by atoms with van der Waals surface area (Å²) in [6, 6.07) is 9.84. The summed E-state index contributed by atoms with van der Waals surface area (Å²) < 4.78 is 0. The van der Waals surface area contributed by atoms with Gasteiger partial charge in [-0.25, -0.2) is 0 Å². The number of rotatable bonds is 4. The number of halogens is 1. The van der Waals surface area contributed by atoms with Crippen molar-refractivity contribution in [3.05, 3.63) is 35.9 Å². The molecule has 1 aliphatic carbocycles. The van der Waals surface area contributed by atoms with Crippen molar-refractivity contribution >= 4 is 18.3 Å². The summed E-state index contributed by atoms with van der Waals surface area (Å²) in [5.41, 5.74) is 7.11. The normalized spacial score (nSPS) is 17.6. The Morgan fingerprint density at radius 3 is 2.35 bits per heavy atom. The number of hydrogen-bond donors (Lipinski definition) is 2. The third kappa shape index (κ3) is 5.51. The van der Waals surface area contributed by atoms with Crippen LogP contribution in [-0.4, -0.2) is 18.0 Å². The van der Waals surface area contributed by atoms with E-state index >= 15 is 0 Å². The van der Waals surface area contributed by atoms with E-state index in [0.717, 1.165) is 18.4 Å². The van der Waals surface area contributed by atoms with Crippen molar-refractivity contribution in [3.8, 4) is 0 Å². The van der Waals surface area contributed by atoms with Crippen molar-refractivity contribution < 1.29 is 4.79 Å². The molecule has 1 aromatic carbocycles. The Kier molecular flexibility index (Phi) is 7.63. The summed E-state index contributed by atoms with van der Waals surface area (Å²) in [5.74, 6) is -0.00393. The Morgan fingerprint density at radius 2 is 1.75 bits per heavy atom. The van der Waals surface area contributed by atoms with E-state index in [1.165, 1.54) is 25.7 Å². The molecule has 0 unspecified atom stereocenters. The van der Waals surface area contributed by atoms with Gasteiger partial charge in [-0.3, -0.25) is 4.79 Å². The summed E-state index contributed by atoms with van der Waals surface area (Å²) in [5, 5.41) is 3.11. The highest BCUT2D eigenvalue weighted by Gasteiger charge is 2.19. The number of nitrogens with two attached hydrogens (primary N) is 1. The van der Waals surface area contributed by atoms with Crippen LogP contribution in [-0.2, 0) is 11.2 Å². The van der Waals surface area contributed by atoms with E-state index in [1.807, 2.05) is 30.3 Å². The van der Waals surface area contributed by atoms with Crippen molar-refractivity contribution in [2.45, 2.75) is 57.0 Å². The highest BCUT2D eigenvalue weighted by Crippen LogP contribution is 2.17. The maximum atomic E-state index is 12.1. The van der Waals surface area contributed by atoms with Gasteiger partial charge in [-0.2, -0.15) is 0 Å². The predicted octanol–water partition coefficient (Wildman–Crippen LogP) is 2.82. The zero-order valence-electron chi connectivity index (χ0n) is 11.9. The molecule has 1 amide bonds. The smallest absolute Gasteiger partial charge is 0.237 e. The maximum absolute atomic E-state index is 12.1. The summed E-state index contributed by atoms with van der Waals surface area (Å²) >= 11 is 0. The van der Waals surface area contributed by atoms with Gasteiger partial charge in [-0.1, -0.05) is 56.0 Å². The molecule has 0 saturated heterocycles. The van der Waals surface area contributed by atoms with Gasteiger partial charge in [0.25, 0.3) is 0 Å². The molecule has 0 aliphatic heterocycles. The van der Waals surface area contributed by atoms with Crippen molar-refractivity contribution in [2.24, 2.45) is 5.73 Å². The first-order chi connectivity index (χ1) is 9.25. The van der Waals surface area contributed by atoms with Gasteiger partial charge in [0.1, 0.15) is 0 Å². The molecule has 2 rings (SSSR count). The zero-order valence-corrected chi connectivity index (χ0v) is 12.7.